The molecule has 100 valence electrons. The summed E-state index contributed by atoms with van der Waals surface area (Å²) in [4.78, 5) is 0. The SMILES string of the molecule is C(CC1C2CC3CC(C2)CC1C3)=C1CCNCC1. The molecule has 5 aliphatic rings. The molecule has 5 fully saturated rings. The topological polar surface area (TPSA) is 12.0 Å². The van der Waals surface area contributed by atoms with Crippen molar-refractivity contribution < 1.29 is 0 Å². The fraction of sp³-hybridized carbons (Fsp3) is 0.882. The van der Waals surface area contributed by atoms with Crippen LogP contribution in [0.25, 0.3) is 0 Å². The average Bonchev–Trinajstić information content (AvgIpc) is 2.38. The molecule has 0 spiro atoms. The van der Waals surface area contributed by atoms with E-state index in [0.717, 1.165) is 29.6 Å². The summed E-state index contributed by atoms with van der Waals surface area (Å²) in [7, 11) is 0. The van der Waals surface area contributed by atoms with Gasteiger partial charge in [0.15, 0.2) is 0 Å². The van der Waals surface area contributed by atoms with Crippen molar-refractivity contribution >= 4 is 0 Å². The highest BCUT2D eigenvalue weighted by atomic mass is 14.9. The third kappa shape index (κ3) is 2.05. The lowest BCUT2D eigenvalue weighted by atomic mass is 9.51. The van der Waals surface area contributed by atoms with E-state index in [2.05, 4.69) is 11.4 Å². The van der Waals surface area contributed by atoms with Crippen LogP contribution >= 0.6 is 0 Å². The molecule has 4 bridgehead atoms. The Morgan fingerprint density at radius 2 is 1.50 bits per heavy atom. The molecule has 0 amide bonds. The van der Waals surface area contributed by atoms with Crippen LogP contribution in [0, 0.1) is 29.6 Å². The predicted octanol–water partition coefficient (Wildman–Crippen LogP) is 3.76. The number of allylic oxidation sites excluding steroid dienone is 1. The van der Waals surface area contributed by atoms with Gasteiger partial charge in [-0.3, -0.25) is 0 Å². The Balaban J connectivity index is 1.42. The van der Waals surface area contributed by atoms with Crippen LogP contribution in [0.3, 0.4) is 0 Å². The number of nitrogens with one attached hydrogen (secondary N) is 1. The Morgan fingerprint density at radius 1 is 0.889 bits per heavy atom. The van der Waals surface area contributed by atoms with Crippen LogP contribution in [0.1, 0.15) is 51.4 Å². The van der Waals surface area contributed by atoms with Crippen LogP contribution in [-0.4, -0.2) is 13.1 Å². The van der Waals surface area contributed by atoms with Gasteiger partial charge < -0.3 is 5.32 Å². The van der Waals surface area contributed by atoms with Crippen molar-refractivity contribution in [1.29, 1.82) is 0 Å². The highest BCUT2D eigenvalue weighted by molar-refractivity contribution is 5.08. The third-order valence-corrected chi connectivity index (χ3v) is 6.35. The van der Waals surface area contributed by atoms with Crippen molar-refractivity contribution in [1.82, 2.24) is 5.32 Å². The lowest BCUT2D eigenvalue weighted by Crippen LogP contribution is -2.44. The Morgan fingerprint density at radius 3 is 2.11 bits per heavy atom. The minimum atomic E-state index is 1.07. The maximum Gasteiger partial charge on any atom is -0.00115 e. The molecule has 1 N–H and O–H groups in total. The summed E-state index contributed by atoms with van der Waals surface area (Å²) < 4.78 is 0. The van der Waals surface area contributed by atoms with Crippen LogP contribution in [-0.2, 0) is 0 Å². The second-order valence-corrected chi connectivity index (χ2v) is 7.44. The van der Waals surface area contributed by atoms with Crippen LogP contribution in [0.4, 0.5) is 0 Å². The Hall–Kier alpha value is -0.300. The zero-order chi connectivity index (χ0) is 11.9. The molecule has 0 aromatic heterocycles. The van der Waals surface area contributed by atoms with E-state index in [1.165, 1.54) is 32.4 Å². The van der Waals surface area contributed by atoms with E-state index in [1.54, 1.807) is 37.7 Å². The molecule has 0 aromatic rings. The van der Waals surface area contributed by atoms with Crippen molar-refractivity contribution in [3.8, 4) is 0 Å². The third-order valence-electron chi connectivity index (χ3n) is 6.35. The van der Waals surface area contributed by atoms with Gasteiger partial charge in [0, 0.05) is 0 Å². The Labute approximate surface area is 111 Å². The minimum Gasteiger partial charge on any atom is -0.316 e. The number of hydrogen-bond donors (Lipinski definition) is 1. The van der Waals surface area contributed by atoms with Crippen molar-refractivity contribution in [3.05, 3.63) is 11.6 Å². The molecule has 0 atom stereocenters. The monoisotopic (exact) mass is 245 g/mol. The first-order valence-electron chi connectivity index (χ1n) is 8.27. The van der Waals surface area contributed by atoms with E-state index in [0.29, 0.717) is 0 Å². The van der Waals surface area contributed by atoms with Crippen LogP contribution < -0.4 is 5.32 Å². The molecule has 0 radical (unpaired) electrons. The predicted molar refractivity (Wildman–Crippen MR) is 75.3 cm³/mol. The first kappa shape index (κ1) is 11.5. The summed E-state index contributed by atoms with van der Waals surface area (Å²) in [6, 6.07) is 0. The maximum absolute atomic E-state index is 3.46. The van der Waals surface area contributed by atoms with E-state index < -0.39 is 0 Å². The first-order chi connectivity index (χ1) is 8.88. The molecule has 5 rings (SSSR count). The van der Waals surface area contributed by atoms with Gasteiger partial charge in [-0.1, -0.05) is 11.6 Å². The second-order valence-electron chi connectivity index (χ2n) is 7.44. The smallest absolute Gasteiger partial charge is 0.00115 e. The van der Waals surface area contributed by atoms with Gasteiger partial charge in [0.25, 0.3) is 0 Å². The van der Waals surface area contributed by atoms with Crippen molar-refractivity contribution in [3.63, 3.8) is 0 Å². The maximum atomic E-state index is 3.46. The summed E-state index contributed by atoms with van der Waals surface area (Å²) in [5.74, 6) is 5.56. The molecule has 1 heterocycles. The van der Waals surface area contributed by atoms with E-state index in [-0.39, 0.29) is 0 Å². The van der Waals surface area contributed by atoms with Crippen molar-refractivity contribution in [2.24, 2.45) is 29.6 Å². The van der Waals surface area contributed by atoms with E-state index in [4.69, 9.17) is 0 Å². The number of rotatable bonds is 2. The first-order valence-corrected chi connectivity index (χ1v) is 8.27. The van der Waals surface area contributed by atoms with Crippen molar-refractivity contribution in [2.45, 2.75) is 51.4 Å². The minimum absolute atomic E-state index is 1.07. The van der Waals surface area contributed by atoms with E-state index in [1.807, 2.05) is 0 Å². The highest BCUT2D eigenvalue weighted by Gasteiger charge is 2.47. The molecule has 0 unspecified atom stereocenters. The van der Waals surface area contributed by atoms with Crippen LogP contribution in [0.2, 0.25) is 0 Å². The molecule has 18 heavy (non-hydrogen) atoms. The van der Waals surface area contributed by atoms with Crippen molar-refractivity contribution in [2.75, 3.05) is 13.1 Å². The molecular formula is C17H27N. The summed E-state index contributed by atoms with van der Waals surface area (Å²) >= 11 is 0. The zero-order valence-corrected chi connectivity index (χ0v) is 11.5. The standard InChI is InChI=1S/C17H27N/c1(12-3-5-18-6-4-12)2-17-15-8-13-7-14(10-15)11-16(17)9-13/h1,13-18H,2-11H2. The van der Waals surface area contributed by atoms with Gasteiger partial charge in [0.2, 0.25) is 0 Å². The Kier molecular flexibility index (Phi) is 2.99. The molecule has 1 aliphatic heterocycles. The van der Waals surface area contributed by atoms with Gasteiger partial charge in [-0.05, 0) is 94.0 Å². The molecule has 4 aliphatic carbocycles. The summed E-state index contributed by atoms with van der Waals surface area (Å²) in [5.41, 5.74) is 1.75. The highest BCUT2D eigenvalue weighted by Crippen LogP contribution is 2.57. The molecule has 1 nitrogen and oxygen atoms in total. The van der Waals surface area contributed by atoms with Gasteiger partial charge in [0.05, 0.1) is 0 Å². The average molecular weight is 245 g/mol. The molecule has 1 heteroatoms. The fourth-order valence-corrected chi connectivity index (χ4v) is 5.68. The largest absolute Gasteiger partial charge is 0.316 e. The summed E-state index contributed by atoms with van der Waals surface area (Å²) in [6.07, 6.45) is 14.6. The molecule has 4 saturated carbocycles. The fourth-order valence-electron chi connectivity index (χ4n) is 5.68. The molecular weight excluding hydrogens is 218 g/mol. The molecule has 1 saturated heterocycles. The zero-order valence-electron chi connectivity index (χ0n) is 11.5. The van der Waals surface area contributed by atoms with Gasteiger partial charge in [0.1, 0.15) is 0 Å². The lowest BCUT2D eigenvalue weighted by molar-refractivity contribution is -0.0350. The van der Waals surface area contributed by atoms with Gasteiger partial charge in [-0.2, -0.15) is 0 Å². The molecule has 0 aromatic carbocycles. The number of piperidine rings is 1. The summed E-state index contributed by atoms with van der Waals surface area (Å²) in [5, 5.41) is 3.46. The van der Waals surface area contributed by atoms with Gasteiger partial charge in [-0.15, -0.1) is 0 Å². The van der Waals surface area contributed by atoms with Crippen LogP contribution in [0.15, 0.2) is 11.6 Å². The van der Waals surface area contributed by atoms with Crippen LogP contribution in [0.5, 0.6) is 0 Å². The number of hydrogen-bond acceptors (Lipinski definition) is 1. The second kappa shape index (κ2) is 4.67. The quantitative estimate of drug-likeness (QED) is 0.730. The Bertz CT molecular complexity index is 308. The summed E-state index contributed by atoms with van der Waals surface area (Å²) in [6.45, 7) is 2.43. The normalized spacial score (nSPS) is 46.4. The van der Waals surface area contributed by atoms with E-state index >= 15 is 0 Å². The lowest BCUT2D eigenvalue weighted by Gasteiger charge is -2.54. The van der Waals surface area contributed by atoms with E-state index in [9.17, 15) is 0 Å². The van der Waals surface area contributed by atoms with Gasteiger partial charge in [-0.25, -0.2) is 0 Å². The van der Waals surface area contributed by atoms with Gasteiger partial charge >= 0.3 is 0 Å².